The summed E-state index contributed by atoms with van der Waals surface area (Å²) in [5, 5.41) is 5.79. The Bertz CT molecular complexity index is 1180. The molecule has 3 aromatic rings. The number of rotatable bonds is 7. The first kappa shape index (κ1) is 22.3. The van der Waals surface area contributed by atoms with Crippen LogP contribution in [0.15, 0.2) is 78.9 Å². The zero-order chi connectivity index (χ0) is 23.4. The number of hydrogen-bond acceptors (Lipinski definition) is 3. The molecule has 1 heterocycles. The number of anilines is 1. The molecule has 6 nitrogen and oxygen atoms in total. The highest BCUT2D eigenvalue weighted by Crippen LogP contribution is 2.33. The average molecular weight is 442 g/mol. The molecular formula is C27H27N3O3. The number of hydrogen-bond donors (Lipinski definition) is 2. The molecule has 0 aromatic heterocycles. The third-order valence-corrected chi connectivity index (χ3v) is 6.06. The van der Waals surface area contributed by atoms with Gasteiger partial charge in [0.15, 0.2) is 5.54 Å². The molecule has 4 rings (SSSR count). The van der Waals surface area contributed by atoms with Crippen LogP contribution >= 0.6 is 0 Å². The van der Waals surface area contributed by atoms with Gasteiger partial charge >= 0.3 is 6.03 Å². The van der Waals surface area contributed by atoms with Crippen LogP contribution in [-0.2, 0) is 28.0 Å². The Hall–Kier alpha value is -3.93. The summed E-state index contributed by atoms with van der Waals surface area (Å²) in [4.78, 5) is 40.5. The molecule has 6 heteroatoms. The Morgan fingerprint density at radius 2 is 1.61 bits per heavy atom. The maximum Gasteiger partial charge on any atom is 0.325 e. The second-order valence-electron chi connectivity index (χ2n) is 8.27. The second kappa shape index (κ2) is 9.28. The lowest BCUT2D eigenvalue weighted by Crippen LogP contribution is -2.46. The third-order valence-electron chi connectivity index (χ3n) is 6.06. The number of para-hydroxylation sites is 1. The van der Waals surface area contributed by atoms with Gasteiger partial charge in [-0.15, -0.1) is 0 Å². The fourth-order valence-electron chi connectivity index (χ4n) is 4.34. The van der Waals surface area contributed by atoms with Crippen molar-refractivity contribution in [3.05, 3.63) is 101 Å². The van der Waals surface area contributed by atoms with Gasteiger partial charge in [-0.2, -0.15) is 0 Å². The Balaban J connectivity index is 1.61. The average Bonchev–Trinajstić information content (AvgIpc) is 3.06. The maximum absolute atomic E-state index is 13.7. The first-order chi connectivity index (χ1) is 15.9. The van der Waals surface area contributed by atoms with Crippen LogP contribution in [0, 0.1) is 6.92 Å². The highest BCUT2D eigenvalue weighted by atomic mass is 16.2. The van der Waals surface area contributed by atoms with E-state index in [4.69, 9.17) is 0 Å². The van der Waals surface area contributed by atoms with E-state index in [1.165, 1.54) is 0 Å². The fraction of sp³-hybridized carbons (Fsp3) is 0.222. The lowest BCUT2D eigenvalue weighted by Gasteiger charge is -2.27. The largest absolute Gasteiger partial charge is 0.325 e. The Kier molecular flexibility index (Phi) is 6.27. The van der Waals surface area contributed by atoms with E-state index in [9.17, 15) is 14.4 Å². The van der Waals surface area contributed by atoms with Crippen molar-refractivity contribution in [1.82, 2.24) is 10.2 Å². The monoisotopic (exact) mass is 441 g/mol. The summed E-state index contributed by atoms with van der Waals surface area (Å²) in [5.41, 5.74) is 3.00. The molecule has 1 atom stereocenters. The lowest BCUT2D eigenvalue weighted by atomic mass is 9.83. The third kappa shape index (κ3) is 4.37. The van der Waals surface area contributed by atoms with Gasteiger partial charge in [0, 0.05) is 12.1 Å². The topological polar surface area (TPSA) is 78.5 Å². The van der Waals surface area contributed by atoms with Crippen LogP contribution in [0.1, 0.15) is 29.2 Å². The summed E-state index contributed by atoms with van der Waals surface area (Å²) < 4.78 is 0. The van der Waals surface area contributed by atoms with Gasteiger partial charge in [-0.1, -0.05) is 85.8 Å². The van der Waals surface area contributed by atoms with Crippen molar-refractivity contribution in [2.45, 2.75) is 32.2 Å². The van der Waals surface area contributed by atoms with Gasteiger partial charge in [-0.05, 0) is 35.6 Å². The molecule has 2 N–H and O–H groups in total. The molecule has 3 aromatic carbocycles. The van der Waals surface area contributed by atoms with Gasteiger partial charge in [0.05, 0.1) is 0 Å². The van der Waals surface area contributed by atoms with Crippen molar-refractivity contribution in [2.75, 3.05) is 11.9 Å². The van der Waals surface area contributed by atoms with E-state index in [0.29, 0.717) is 12.0 Å². The Morgan fingerprint density at radius 3 is 2.27 bits per heavy atom. The molecule has 1 saturated heterocycles. The SMILES string of the molecule is CCc1cccc(C)c1NC(=O)CN1C(=O)NC(Cc2ccccc2)(c2ccccc2)C1=O. The molecule has 1 aliphatic heterocycles. The van der Waals surface area contributed by atoms with Crippen LogP contribution in [0.2, 0.25) is 0 Å². The summed E-state index contributed by atoms with van der Waals surface area (Å²) in [6.07, 6.45) is 1.05. The summed E-state index contributed by atoms with van der Waals surface area (Å²) in [5.74, 6) is -0.843. The molecule has 0 aliphatic carbocycles. The molecule has 4 amide bonds. The lowest BCUT2D eigenvalue weighted by molar-refractivity contribution is -0.134. The van der Waals surface area contributed by atoms with Crippen LogP contribution < -0.4 is 10.6 Å². The maximum atomic E-state index is 13.7. The Morgan fingerprint density at radius 1 is 0.939 bits per heavy atom. The highest BCUT2D eigenvalue weighted by Gasteiger charge is 2.52. The molecule has 1 aliphatic rings. The zero-order valence-electron chi connectivity index (χ0n) is 18.8. The quantitative estimate of drug-likeness (QED) is 0.540. The first-order valence-electron chi connectivity index (χ1n) is 11.1. The molecule has 33 heavy (non-hydrogen) atoms. The first-order valence-corrected chi connectivity index (χ1v) is 11.1. The minimum Gasteiger partial charge on any atom is -0.324 e. The van der Waals surface area contributed by atoms with Gasteiger partial charge in [0.25, 0.3) is 5.91 Å². The van der Waals surface area contributed by atoms with Gasteiger partial charge in [-0.3, -0.25) is 14.5 Å². The molecule has 1 fully saturated rings. The van der Waals surface area contributed by atoms with E-state index in [-0.39, 0.29) is 6.54 Å². The van der Waals surface area contributed by atoms with Gasteiger partial charge < -0.3 is 10.6 Å². The summed E-state index contributed by atoms with van der Waals surface area (Å²) in [6.45, 7) is 3.58. The molecule has 1 unspecified atom stereocenters. The molecule has 168 valence electrons. The van der Waals surface area contributed by atoms with Gasteiger partial charge in [-0.25, -0.2) is 4.79 Å². The number of imide groups is 1. The molecule has 0 spiro atoms. The van der Waals surface area contributed by atoms with Crippen LogP contribution in [0.25, 0.3) is 0 Å². The number of aryl methyl sites for hydroxylation is 2. The fourth-order valence-corrected chi connectivity index (χ4v) is 4.34. The predicted octanol–water partition coefficient (Wildman–Crippen LogP) is 4.19. The number of benzene rings is 3. The zero-order valence-corrected chi connectivity index (χ0v) is 18.8. The van der Waals surface area contributed by atoms with Crippen molar-refractivity contribution in [3.63, 3.8) is 0 Å². The number of urea groups is 1. The van der Waals surface area contributed by atoms with Gasteiger partial charge in [0.1, 0.15) is 6.54 Å². The summed E-state index contributed by atoms with van der Waals surface area (Å²) in [7, 11) is 0. The normalized spacial score (nSPS) is 17.7. The van der Waals surface area contributed by atoms with E-state index < -0.39 is 23.4 Å². The smallest absolute Gasteiger partial charge is 0.324 e. The highest BCUT2D eigenvalue weighted by molar-refractivity contribution is 6.10. The molecule has 0 radical (unpaired) electrons. The minimum atomic E-state index is -1.27. The van der Waals surface area contributed by atoms with Crippen LogP contribution in [0.3, 0.4) is 0 Å². The van der Waals surface area contributed by atoms with E-state index in [0.717, 1.165) is 33.7 Å². The van der Waals surface area contributed by atoms with E-state index in [1.807, 2.05) is 92.7 Å². The summed E-state index contributed by atoms with van der Waals surface area (Å²) >= 11 is 0. The van der Waals surface area contributed by atoms with Crippen molar-refractivity contribution < 1.29 is 14.4 Å². The molecule has 0 bridgehead atoms. The van der Waals surface area contributed by atoms with Crippen molar-refractivity contribution in [2.24, 2.45) is 0 Å². The van der Waals surface area contributed by atoms with E-state index in [2.05, 4.69) is 10.6 Å². The van der Waals surface area contributed by atoms with E-state index >= 15 is 0 Å². The standard InChI is InChI=1S/C27H27N3O3/c1-3-21-14-10-11-19(2)24(21)28-23(31)18-30-25(32)27(29-26(30)33,22-15-8-5-9-16-22)17-20-12-6-4-7-13-20/h4-16H,3,17-18H2,1-2H3,(H,28,31)(H,29,33). The predicted molar refractivity (Wildman–Crippen MR) is 128 cm³/mol. The number of nitrogens with one attached hydrogen (secondary N) is 2. The van der Waals surface area contributed by atoms with Crippen molar-refractivity contribution >= 4 is 23.5 Å². The molecule has 0 saturated carbocycles. The second-order valence-corrected chi connectivity index (χ2v) is 8.27. The van der Waals surface area contributed by atoms with Crippen molar-refractivity contribution in [1.29, 1.82) is 0 Å². The minimum absolute atomic E-state index is 0.290. The van der Waals surface area contributed by atoms with E-state index in [1.54, 1.807) is 0 Å². The van der Waals surface area contributed by atoms with Crippen LogP contribution in [0.4, 0.5) is 10.5 Å². The number of amides is 4. The van der Waals surface area contributed by atoms with Crippen molar-refractivity contribution in [3.8, 4) is 0 Å². The van der Waals surface area contributed by atoms with Crippen LogP contribution in [-0.4, -0.2) is 29.3 Å². The molecular weight excluding hydrogens is 414 g/mol. The number of carbonyl (C=O) groups excluding carboxylic acids is 3. The summed E-state index contributed by atoms with van der Waals surface area (Å²) in [6, 6.07) is 24.0. The van der Waals surface area contributed by atoms with Gasteiger partial charge in [0.2, 0.25) is 5.91 Å². The number of nitrogens with zero attached hydrogens (tertiary/aromatic N) is 1. The number of carbonyl (C=O) groups is 3. The van der Waals surface area contributed by atoms with Crippen LogP contribution in [0.5, 0.6) is 0 Å². The Labute approximate surface area is 193 Å².